The summed E-state index contributed by atoms with van der Waals surface area (Å²) in [5, 5.41) is 0.628. The van der Waals surface area contributed by atoms with Crippen molar-refractivity contribution in [2.75, 3.05) is 0 Å². The average Bonchev–Trinajstić information content (AvgIpc) is 1.53. The van der Waals surface area contributed by atoms with Gasteiger partial charge in [0, 0.05) is 5.25 Å². The van der Waals surface area contributed by atoms with Crippen molar-refractivity contribution in [1.82, 2.24) is 0 Å². The molecule has 0 aromatic heterocycles. The minimum absolute atomic E-state index is 0.0394. The monoisotopic (exact) mass is 176 g/mol. The molecule has 0 aromatic rings. The van der Waals surface area contributed by atoms with Gasteiger partial charge in [0.2, 0.25) is 0 Å². The van der Waals surface area contributed by atoms with Gasteiger partial charge in [0.05, 0.1) is 6.10 Å². The molecule has 0 fully saturated rings. The highest BCUT2D eigenvalue weighted by atomic mass is 32.2. The third-order valence-corrected chi connectivity index (χ3v) is 2.17. The molecule has 0 N–H and O–H groups in total. The standard InChI is InChI=1S/C9H20OS/c1-7(2)10-9(5,6)11-8(3)4/h7-8H,1-6H3. The second-order valence-corrected chi connectivity index (χ2v) is 5.89. The Morgan fingerprint density at radius 2 is 1.55 bits per heavy atom. The number of hydrogen-bond donors (Lipinski definition) is 0. The minimum atomic E-state index is -0.0394. The summed E-state index contributed by atoms with van der Waals surface area (Å²) in [5.41, 5.74) is 0. The Morgan fingerprint density at radius 1 is 1.09 bits per heavy atom. The molecule has 0 atom stereocenters. The van der Waals surface area contributed by atoms with Gasteiger partial charge in [-0.3, -0.25) is 0 Å². The highest BCUT2D eigenvalue weighted by molar-refractivity contribution is 8.01. The van der Waals surface area contributed by atoms with Gasteiger partial charge in [0.25, 0.3) is 0 Å². The zero-order chi connectivity index (χ0) is 9.07. The lowest BCUT2D eigenvalue weighted by Crippen LogP contribution is -2.25. The maximum atomic E-state index is 5.71. The molecule has 0 spiro atoms. The first-order valence-electron chi connectivity index (χ1n) is 4.19. The fourth-order valence-electron chi connectivity index (χ4n) is 1.16. The van der Waals surface area contributed by atoms with E-state index in [0.29, 0.717) is 11.4 Å². The van der Waals surface area contributed by atoms with Gasteiger partial charge < -0.3 is 4.74 Å². The predicted molar refractivity (Wildman–Crippen MR) is 53.0 cm³/mol. The normalized spacial score (nSPS) is 13.1. The van der Waals surface area contributed by atoms with Crippen LogP contribution in [0.5, 0.6) is 0 Å². The predicted octanol–water partition coefficient (Wildman–Crippen LogP) is 3.29. The Labute approximate surface area is 74.9 Å². The van der Waals surface area contributed by atoms with Gasteiger partial charge in [-0.2, -0.15) is 0 Å². The van der Waals surface area contributed by atoms with E-state index in [-0.39, 0.29) is 4.93 Å². The summed E-state index contributed by atoms with van der Waals surface area (Å²) in [7, 11) is 0. The van der Waals surface area contributed by atoms with Crippen LogP contribution < -0.4 is 0 Å². The molecule has 0 bridgehead atoms. The smallest absolute Gasteiger partial charge is 0.108 e. The summed E-state index contributed by atoms with van der Waals surface area (Å²) in [6.45, 7) is 12.8. The van der Waals surface area contributed by atoms with Gasteiger partial charge in [-0.1, -0.05) is 13.8 Å². The maximum absolute atomic E-state index is 5.71. The second-order valence-electron chi connectivity index (χ2n) is 3.73. The van der Waals surface area contributed by atoms with Gasteiger partial charge in [0.15, 0.2) is 0 Å². The van der Waals surface area contributed by atoms with Crippen molar-refractivity contribution in [3.05, 3.63) is 0 Å². The number of ether oxygens (including phenoxy) is 1. The van der Waals surface area contributed by atoms with Crippen molar-refractivity contribution in [3.8, 4) is 0 Å². The molecule has 0 rings (SSSR count). The van der Waals surface area contributed by atoms with E-state index in [9.17, 15) is 0 Å². The first kappa shape index (κ1) is 11.3. The molecular formula is C9H20OS. The van der Waals surface area contributed by atoms with Crippen molar-refractivity contribution in [1.29, 1.82) is 0 Å². The van der Waals surface area contributed by atoms with Crippen molar-refractivity contribution in [3.63, 3.8) is 0 Å². The van der Waals surface area contributed by atoms with E-state index in [2.05, 4.69) is 41.5 Å². The number of thioether (sulfide) groups is 1. The summed E-state index contributed by atoms with van der Waals surface area (Å²) in [4.78, 5) is -0.0394. The van der Waals surface area contributed by atoms with Crippen LogP contribution in [0.1, 0.15) is 41.5 Å². The zero-order valence-corrected chi connectivity index (χ0v) is 9.29. The molecule has 11 heavy (non-hydrogen) atoms. The van der Waals surface area contributed by atoms with Crippen molar-refractivity contribution < 1.29 is 4.74 Å². The SMILES string of the molecule is CC(C)OC(C)(C)SC(C)C. The van der Waals surface area contributed by atoms with Crippen LogP contribution in [-0.4, -0.2) is 16.3 Å². The molecule has 0 amide bonds. The summed E-state index contributed by atoms with van der Waals surface area (Å²) < 4.78 is 5.71. The van der Waals surface area contributed by atoms with Gasteiger partial charge >= 0.3 is 0 Å². The summed E-state index contributed by atoms with van der Waals surface area (Å²) in [5.74, 6) is 0. The average molecular weight is 176 g/mol. The van der Waals surface area contributed by atoms with Crippen LogP contribution in [0.4, 0.5) is 0 Å². The summed E-state index contributed by atoms with van der Waals surface area (Å²) in [6, 6.07) is 0. The van der Waals surface area contributed by atoms with E-state index in [0.717, 1.165) is 0 Å². The van der Waals surface area contributed by atoms with Gasteiger partial charge in [-0.15, -0.1) is 11.8 Å². The topological polar surface area (TPSA) is 9.23 Å². The molecule has 0 aliphatic heterocycles. The number of hydrogen-bond acceptors (Lipinski definition) is 2. The molecule has 68 valence electrons. The van der Waals surface area contributed by atoms with Crippen LogP contribution >= 0.6 is 11.8 Å². The molecule has 0 aliphatic carbocycles. The number of rotatable bonds is 4. The van der Waals surface area contributed by atoms with Crippen molar-refractivity contribution >= 4 is 11.8 Å². The largest absolute Gasteiger partial charge is 0.362 e. The van der Waals surface area contributed by atoms with Crippen LogP contribution in [0.2, 0.25) is 0 Å². The molecule has 1 nitrogen and oxygen atoms in total. The lowest BCUT2D eigenvalue weighted by molar-refractivity contribution is 0.00622. The Balaban J connectivity index is 3.79. The van der Waals surface area contributed by atoms with E-state index in [4.69, 9.17) is 4.74 Å². The van der Waals surface area contributed by atoms with E-state index in [1.165, 1.54) is 0 Å². The Kier molecular flexibility index (Phi) is 4.49. The van der Waals surface area contributed by atoms with Gasteiger partial charge in [0.1, 0.15) is 4.93 Å². The van der Waals surface area contributed by atoms with Crippen LogP contribution in [0.15, 0.2) is 0 Å². The third-order valence-electron chi connectivity index (χ3n) is 1.04. The molecule has 0 radical (unpaired) electrons. The highest BCUT2D eigenvalue weighted by Gasteiger charge is 2.21. The molecule has 0 unspecified atom stereocenters. The molecular weight excluding hydrogens is 156 g/mol. The van der Waals surface area contributed by atoms with Gasteiger partial charge in [-0.05, 0) is 27.7 Å². The third kappa shape index (κ3) is 6.70. The van der Waals surface area contributed by atoms with E-state index < -0.39 is 0 Å². The molecule has 2 heteroatoms. The molecule has 0 aromatic carbocycles. The Morgan fingerprint density at radius 3 is 1.82 bits per heavy atom. The lowest BCUT2D eigenvalue weighted by Gasteiger charge is -2.28. The first-order valence-corrected chi connectivity index (χ1v) is 5.07. The zero-order valence-electron chi connectivity index (χ0n) is 8.47. The first-order chi connectivity index (χ1) is 4.83. The summed E-state index contributed by atoms with van der Waals surface area (Å²) >= 11 is 1.86. The molecule has 0 saturated heterocycles. The van der Waals surface area contributed by atoms with E-state index in [1.807, 2.05) is 11.8 Å². The van der Waals surface area contributed by atoms with Crippen LogP contribution in [-0.2, 0) is 4.74 Å². The van der Waals surface area contributed by atoms with Crippen LogP contribution in [0.25, 0.3) is 0 Å². The maximum Gasteiger partial charge on any atom is 0.108 e. The van der Waals surface area contributed by atoms with E-state index >= 15 is 0 Å². The van der Waals surface area contributed by atoms with Crippen LogP contribution in [0, 0.1) is 0 Å². The van der Waals surface area contributed by atoms with Gasteiger partial charge in [-0.25, -0.2) is 0 Å². The molecule has 0 heterocycles. The van der Waals surface area contributed by atoms with E-state index in [1.54, 1.807) is 0 Å². The quantitative estimate of drug-likeness (QED) is 0.608. The fraction of sp³-hybridized carbons (Fsp3) is 1.00. The Hall–Kier alpha value is 0.310. The highest BCUT2D eigenvalue weighted by Crippen LogP contribution is 2.30. The van der Waals surface area contributed by atoms with Crippen molar-refractivity contribution in [2.45, 2.75) is 57.8 Å². The molecule has 0 saturated carbocycles. The van der Waals surface area contributed by atoms with Crippen molar-refractivity contribution in [2.24, 2.45) is 0 Å². The van der Waals surface area contributed by atoms with Crippen LogP contribution in [0.3, 0.4) is 0 Å². The fourth-order valence-corrected chi connectivity index (χ4v) is 2.55. The molecule has 0 aliphatic rings. The Bertz CT molecular complexity index is 96.1. The second kappa shape index (κ2) is 4.36. The lowest BCUT2D eigenvalue weighted by atomic mass is 10.4. The summed E-state index contributed by atoms with van der Waals surface area (Å²) in [6.07, 6.45) is 0.316. The minimum Gasteiger partial charge on any atom is -0.362 e.